The average Bonchev–Trinajstić information content (AvgIpc) is 3.12. The van der Waals surface area contributed by atoms with Gasteiger partial charge in [0.15, 0.2) is 0 Å². The van der Waals surface area contributed by atoms with Crippen LogP contribution in [-0.4, -0.2) is 27.9 Å². The predicted molar refractivity (Wildman–Crippen MR) is 104 cm³/mol. The molecule has 2 atom stereocenters. The van der Waals surface area contributed by atoms with Gasteiger partial charge in [0.25, 0.3) is 0 Å². The molecule has 0 fully saturated rings. The molecule has 138 valence electrons. The van der Waals surface area contributed by atoms with E-state index in [1.807, 2.05) is 19.9 Å². The number of aromatic nitrogens is 2. The van der Waals surface area contributed by atoms with Gasteiger partial charge in [0, 0.05) is 29.3 Å². The molecular weight excluding hydrogens is 324 g/mol. The van der Waals surface area contributed by atoms with Crippen molar-refractivity contribution in [2.75, 3.05) is 0 Å². The van der Waals surface area contributed by atoms with Crippen LogP contribution in [0.1, 0.15) is 48.7 Å². The predicted octanol–water partition coefficient (Wildman–Crippen LogP) is 3.67. The van der Waals surface area contributed by atoms with Crippen molar-refractivity contribution in [3.05, 3.63) is 65.0 Å². The maximum absolute atomic E-state index is 11.9. The van der Waals surface area contributed by atoms with E-state index in [4.69, 9.17) is 5.10 Å². The number of allylic oxidation sites excluding steroid dienone is 1. The molecule has 3 rings (SSSR count). The molecule has 1 heterocycles. The Kier molecular flexibility index (Phi) is 5.45. The quantitative estimate of drug-likeness (QED) is 0.807. The number of rotatable bonds is 5. The molecule has 0 saturated carbocycles. The first kappa shape index (κ1) is 18.2. The van der Waals surface area contributed by atoms with Gasteiger partial charge in [-0.3, -0.25) is 4.68 Å². The molecule has 1 aromatic heterocycles. The van der Waals surface area contributed by atoms with Crippen LogP contribution >= 0.6 is 0 Å². The van der Waals surface area contributed by atoms with E-state index in [0.29, 0.717) is 5.92 Å². The number of amides is 2. The van der Waals surface area contributed by atoms with E-state index >= 15 is 0 Å². The van der Waals surface area contributed by atoms with Crippen LogP contribution in [0.3, 0.4) is 0 Å². The number of carbonyl (C=O) groups is 1. The molecule has 2 N–H and O–H groups in total. The minimum absolute atomic E-state index is 0.0648. The highest BCUT2D eigenvalue weighted by atomic mass is 16.2. The summed E-state index contributed by atoms with van der Waals surface area (Å²) in [5.41, 5.74) is 4.80. The highest BCUT2D eigenvalue weighted by Gasteiger charge is 2.26. The third-order valence-corrected chi connectivity index (χ3v) is 4.80. The standard InChI is InChI=1S/C21H28N4O/c1-14(2)22-21(26)23-19-11-10-18(12-19)20-15(3)24-25(16(20)4)13-17-8-6-5-7-9-17/h5-11,14,18-19H,12-13H2,1-4H3,(H2,22,23,26). The normalized spacial score (nSPS) is 19.1. The van der Waals surface area contributed by atoms with Crippen molar-refractivity contribution in [2.24, 2.45) is 0 Å². The Balaban J connectivity index is 1.69. The van der Waals surface area contributed by atoms with Gasteiger partial charge < -0.3 is 10.6 Å². The molecular formula is C21H28N4O. The lowest BCUT2D eigenvalue weighted by Gasteiger charge is -2.16. The first-order valence-corrected chi connectivity index (χ1v) is 9.27. The summed E-state index contributed by atoms with van der Waals surface area (Å²) >= 11 is 0. The number of nitrogens with zero attached hydrogens (tertiary/aromatic N) is 2. The van der Waals surface area contributed by atoms with Crippen LogP contribution in [0.25, 0.3) is 0 Å². The Bertz CT molecular complexity index is 792. The van der Waals surface area contributed by atoms with Gasteiger partial charge in [0.1, 0.15) is 0 Å². The number of nitrogens with one attached hydrogen (secondary N) is 2. The van der Waals surface area contributed by atoms with Gasteiger partial charge in [-0.15, -0.1) is 0 Å². The molecule has 26 heavy (non-hydrogen) atoms. The van der Waals surface area contributed by atoms with Crippen molar-refractivity contribution >= 4 is 6.03 Å². The molecule has 2 aromatic rings. The van der Waals surface area contributed by atoms with Crippen molar-refractivity contribution < 1.29 is 4.79 Å². The number of benzene rings is 1. The summed E-state index contributed by atoms with van der Waals surface area (Å²) in [4.78, 5) is 11.9. The van der Waals surface area contributed by atoms with E-state index in [2.05, 4.69) is 65.6 Å². The molecule has 2 unspecified atom stereocenters. The number of hydrogen-bond acceptors (Lipinski definition) is 2. The van der Waals surface area contributed by atoms with Crippen LogP contribution < -0.4 is 10.6 Å². The molecule has 1 aliphatic carbocycles. The molecule has 0 aliphatic heterocycles. The van der Waals surface area contributed by atoms with Gasteiger partial charge in [0.2, 0.25) is 0 Å². The molecule has 1 aliphatic rings. The molecule has 0 saturated heterocycles. The summed E-state index contributed by atoms with van der Waals surface area (Å²) < 4.78 is 2.08. The van der Waals surface area contributed by atoms with Gasteiger partial charge in [-0.2, -0.15) is 5.10 Å². The van der Waals surface area contributed by atoms with Crippen LogP contribution in [0.2, 0.25) is 0 Å². The Morgan fingerprint density at radius 1 is 1.23 bits per heavy atom. The van der Waals surface area contributed by atoms with Crippen molar-refractivity contribution in [1.29, 1.82) is 0 Å². The molecule has 0 bridgehead atoms. The second-order valence-electron chi connectivity index (χ2n) is 7.33. The maximum atomic E-state index is 11.9. The van der Waals surface area contributed by atoms with Gasteiger partial charge >= 0.3 is 6.03 Å². The Morgan fingerprint density at radius 3 is 2.65 bits per heavy atom. The van der Waals surface area contributed by atoms with Gasteiger partial charge in [-0.05, 0) is 39.7 Å². The second kappa shape index (κ2) is 7.77. The van der Waals surface area contributed by atoms with Crippen LogP contribution in [0, 0.1) is 13.8 Å². The number of hydrogen-bond donors (Lipinski definition) is 2. The van der Waals surface area contributed by atoms with Crippen LogP contribution in [0.5, 0.6) is 0 Å². The van der Waals surface area contributed by atoms with Gasteiger partial charge in [-0.25, -0.2) is 4.79 Å². The fraction of sp³-hybridized carbons (Fsp3) is 0.429. The van der Waals surface area contributed by atoms with Crippen molar-refractivity contribution in [2.45, 2.75) is 58.7 Å². The first-order valence-electron chi connectivity index (χ1n) is 9.27. The van der Waals surface area contributed by atoms with E-state index in [1.54, 1.807) is 0 Å². The number of urea groups is 1. The fourth-order valence-electron chi connectivity index (χ4n) is 3.65. The smallest absolute Gasteiger partial charge is 0.315 e. The monoisotopic (exact) mass is 352 g/mol. The highest BCUT2D eigenvalue weighted by Crippen LogP contribution is 2.33. The second-order valence-corrected chi connectivity index (χ2v) is 7.33. The van der Waals surface area contributed by atoms with Gasteiger partial charge in [0.05, 0.1) is 12.2 Å². The van der Waals surface area contributed by atoms with Crippen LogP contribution in [-0.2, 0) is 6.54 Å². The highest BCUT2D eigenvalue weighted by molar-refractivity contribution is 5.74. The van der Waals surface area contributed by atoms with Crippen molar-refractivity contribution in [1.82, 2.24) is 20.4 Å². The van der Waals surface area contributed by atoms with Crippen molar-refractivity contribution in [3.63, 3.8) is 0 Å². The van der Waals surface area contributed by atoms with Gasteiger partial charge in [-0.1, -0.05) is 42.5 Å². The number of aryl methyl sites for hydroxylation is 1. The summed E-state index contributed by atoms with van der Waals surface area (Å²) in [6, 6.07) is 10.5. The Labute approximate surface area is 155 Å². The lowest BCUT2D eigenvalue weighted by atomic mass is 9.96. The third kappa shape index (κ3) is 4.15. The Hall–Kier alpha value is -2.56. The first-order chi connectivity index (χ1) is 12.4. The molecule has 5 nitrogen and oxygen atoms in total. The lowest BCUT2D eigenvalue weighted by molar-refractivity contribution is 0.236. The van der Waals surface area contributed by atoms with E-state index in [0.717, 1.165) is 18.7 Å². The molecule has 0 radical (unpaired) electrons. The SMILES string of the molecule is Cc1nn(Cc2ccccc2)c(C)c1C1C=CC(NC(=O)NC(C)C)C1. The summed E-state index contributed by atoms with van der Waals surface area (Å²) in [6.07, 6.45) is 5.17. The van der Waals surface area contributed by atoms with Crippen molar-refractivity contribution in [3.8, 4) is 0 Å². The third-order valence-electron chi connectivity index (χ3n) is 4.80. The van der Waals surface area contributed by atoms with E-state index in [-0.39, 0.29) is 18.1 Å². The zero-order valence-electron chi connectivity index (χ0n) is 16.0. The maximum Gasteiger partial charge on any atom is 0.315 e. The molecule has 5 heteroatoms. The number of carbonyl (C=O) groups excluding carboxylic acids is 1. The van der Waals surface area contributed by atoms with Crippen LogP contribution in [0.4, 0.5) is 4.79 Å². The molecule has 2 amide bonds. The molecule has 1 aromatic carbocycles. The zero-order chi connectivity index (χ0) is 18.7. The minimum atomic E-state index is -0.108. The summed E-state index contributed by atoms with van der Waals surface area (Å²) in [6.45, 7) is 8.91. The topological polar surface area (TPSA) is 59.0 Å². The van der Waals surface area contributed by atoms with E-state index in [1.165, 1.54) is 16.8 Å². The Morgan fingerprint density at radius 2 is 1.96 bits per heavy atom. The lowest BCUT2D eigenvalue weighted by Crippen LogP contribution is -2.43. The largest absolute Gasteiger partial charge is 0.336 e. The zero-order valence-corrected chi connectivity index (χ0v) is 16.0. The summed E-state index contributed by atoms with van der Waals surface area (Å²) in [5.74, 6) is 0.295. The average molecular weight is 352 g/mol. The minimum Gasteiger partial charge on any atom is -0.336 e. The summed E-state index contributed by atoms with van der Waals surface area (Å²) in [7, 11) is 0. The van der Waals surface area contributed by atoms with E-state index in [9.17, 15) is 4.79 Å². The van der Waals surface area contributed by atoms with Crippen LogP contribution in [0.15, 0.2) is 42.5 Å². The summed E-state index contributed by atoms with van der Waals surface area (Å²) in [5, 5.41) is 10.7. The molecule has 0 spiro atoms. The fourth-order valence-corrected chi connectivity index (χ4v) is 3.65. The van der Waals surface area contributed by atoms with E-state index < -0.39 is 0 Å².